The molecular formula is C31H34N2O4. The molecule has 192 valence electrons. The predicted octanol–water partition coefficient (Wildman–Crippen LogP) is 4.78. The van der Waals surface area contributed by atoms with E-state index in [2.05, 4.69) is 23.2 Å². The normalized spacial score (nSPS) is 22.3. The smallest absolute Gasteiger partial charge is 0.343 e. The highest BCUT2D eigenvalue weighted by atomic mass is 16.5. The third kappa shape index (κ3) is 5.03. The number of rotatable bonds is 9. The van der Waals surface area contributed by atoms with Crippen molar-refractivity contribution in [2.24, 2.45) is 5.41 Å². The molecule has 1 saturated heterocycles. The fourth-order valence-corrected chi connectivity index (χ4v) is 6.09. The molecule has 1 aliphatic heterocycles. The summed E-state index contributed by atoms with van der Waals surface area (Å²) in [5.74, 6) is -0.0669. The van der Waals surface area contributed by atoms with Crippen molar-refractivity contribution in [1.82, 2.24) is 10.2 Å². The quantitative estimate of drug-likeness (QED) is 0.306. The minimum atomic E-state index is -0.708. The molecule has 2 aliphatic carbocycles. The summed E-state index contributed by atoms with van der Waals surface area (Å²) < 4.78 is 5.80. The zero-order valence-corrected chi connectivity index (χ0v) is 21.4. The number of carbonyl (C=O) groups is 3. The van der Waals surface area contributed by atoms with Gasteiger partial charge in [0.1, 0.15) is 5.75 Å². The maximum atomic E-state index is 12.7. The van der Waals surface area contributed by atoms with E-state index in [-0.39, 0.29) is 17.8 Å². The second-order valence-electron chi connectivity index (χ2n) is 10.3. The van der Waals surface area contributed by atoms with Crippen LogP contribution in [0.3, 0.4) is 0 Å². The largest absolute Gasteiger partial charge is 0.423 e. The molecule has 1 N–H and O–H groups in total. The Morgan fingerprint density at radius 1 is 1.11 bits per heavy atom. The zero-order valence-electron chi connectivity index (χ0n) is 21.4. The third-order valence-corrected chi connectivity index (χ3v) is 7.99. The van der Waals surface area contributed by atoms with Crippen molar-refractivity contribution in [3.8, 4) is 5.75 Å². The molecule has 2 aromatic rings. The van der Waals surface area contributed by atoms with Crippen LogP contribution in [0.15, 0.2) is 72.3 Å². The Bertz CT molecular complexity index is 1250. The van der Waals surface area contributed by atoms with Crippen LogP contribution in [0.1, 0.15) is 60.5 Å². The number of nitrogens with zero attached hydrogens (tertiary/aromatic N) is 1. The third-order valence-electron chi connectivity index (χ3n) is 7.99. The van der Waals surface area contributed by atoms with Crippen LogP contribution >= 0.6 is 0 Å². The minimum Gasteiger partial charge on any atom is -0.423 e. The number of ether oxygens (including phenoxy) is 1. The molecule has 37 heavy (non-hydrogen) atoms. The lowest BCUT2D eigenvalue weighted by Crippen LogP contribution is -2.41. The fraction of sp³-hybridized carbons (Fsp3) is 0.387. The van der Waals surface area contributed by atoms with Crippen LogP contribution in [0.4, 0.5) is 0 Å². The monoisotopic (exact) mass is 498 g/mol. The SMILES string of the molecule is CCCN(CCCC12CC=CC=C1C(=O)NC2=O)C1CCc2c(cccc2OC(=O)c2ccccc2)C1. The van der Waals surface area contributed by atoms with Crippen LogP contribution in [-0.4, -0.2) is 41.8 Å². The summed E-state index contributed by atoms with van der Waals surface area (Å²) in [6.07, 6.45) is 11.6. The van der Waals surface area contributed by atoms with Gasteiger partial charge < -0.3 is 9.64 Å². The molecule has 3 aliphatic rings. The van der Waals surface area contributed by atoms with Crippen LogP contribution in [0.5, 0.6) is 5.75 Å². The van der Waals surface area contributed by atoms with Gasteiger partial charge in [-0.15, -0.1) is 0 Å². The second-order valence-corrected chi connectivity index (χ2v) is 10.3. The van der Waals surface area contributed by atoms with Gasteiger partial charge >= 0.3 is 5.97 Å². The Balaban J connectivity index is 1.24. The van der Waals surface area contributed by atoms with E-state index in [1.807, 2.05) is 42.5 Å². The highest BCUT2D eigenvalue weighted by molar-refractivity contribution is 6.17. The van der Waals surface area contributed by atoms with Gasteiger partial charge in [-0.2, -0.15) is 0 Å². The van der Waals surface area contributed by atoms with Gasteiger partial charge in [0.2, 0.25) is 5.91 Å². The predicted molar refractivity (Wildman–Crippen MR) is 142 cm³/mol. The molecule has 5 rings (SSSR count). The average Bonchev–Trinajstić information content (AvgIpc) is 3.18. The minimum absolute atomic E-state index is 0.153. The first-order valence-corrected chi connectivity index (χ1v) is 13.4. The lowest BCUT2D eigenvalue weighted by atomic mass is 9.73. The van der Waals surface area contributed by atoms with Gasteiger partial charge in [-0.3, -0.25) is 14.9 Å². The van der Waals surface area contributed by atoms with Crippen molar-refractivity contribution in [2.45, 2.75) is 57.9 Å². The van der Waals surface area contributed by atoms with Crippen molar-refractivity contribution in [1.29, 1.82) is 0 Å². The highest BCUT2D eigenvalue weighted by Gasteiger charge is 2.50. The van der Waals surface area contributed by atoms with Crippen molar-refractivity contribution in [3.63, 3.8) is 0 Å². The van der Waals surface area contributed by atoms with Crippen LogP contribution in [-0.2, 0) is 22.4 Å². The second kappa shape index (κ2) is 10.9. The summed E-state index contributed by atoms with van der Waals surface area (Å²) in [6, 6.07) is 15.5. The summed E-state index contributed by atoms with van der Waals surface area (Å²) in [7, 11) is 0. The van der Waals surface area contributed by atoms with Gasteiger partial charge in [-0.1, -0.05) is 55.5 Å². The van der Waals surface area contributed by atoms with E-state index in [1.165, 1.54) is 5.56 Å². The molecule has 1 heterocycles. The van der Waals surface area contributed by atoms with Crippen LogP contribution in [0.2, 0.25) is 0 Å². The van der Waals surface area contributed by atoms with Crippen LogP contribution < -0.4 is 10.1 Å². The molecular weight excluding hydrogens is 464 g/mol. The number of carbonyl (C=O) groups excluding carboxylic acids is 3. The molecule has 0 spiro atoms. The average molecular weight is 499 g/mol. The Morgan fingerprint density at radius 3 is 2.76 bits per heavy atom. The Hall–Kier alpha value is -3.51. The van der Waals surface area contributed by atoms with Gasteiger partial charge in [0.05, 0.1) is 11.0 Å². The summed E-state index contributed by atoms with van der Waals surface area (Å²) >= 11 is 0. The molecule has 2 aromatic carbocycles. The molecule has 1 fully saturated rings. The lowest BCUT2D eigenvalue weighted by Gasteiger charge is -2.36. The topological polar surface area (TPSA) is 75.7 Å². The standard InChI is InChI=1S/C31H34N2O4/c1-2-19-33(20-9-18-31-17-7-6-13-26(31)28(34)32-30(31)36)24-15-16-25-23(21-24)12-8-14-27(25)37-29(35)22-10-4-3-5-11-22/h3-8,10-14,24H,2,9,15-21H2,1H3,(H,32,34,36). The number of fused-ring (bicyclic) bond motifs is 2. The van der Waals surface area contributed by atoms with Gasteiger partial charge in [-0.25, -0.2) is 4.79 Å². The summed E-state index contributed by atoms with van der Waals surface area (Å²) in [5, 5.41) is 2.53. The maximum absolute atomic E-state index is 12.7. The molecule has 0 saturated carbocycles. The van der Waals surface area contributed by atoms with E-state index in [9.17, 15) is 14.4 Å². The summed E-state index contributed by atoms with van der Waals surface area (Å²) in [4.78, 5) is 40.2. The van der Waals surface area contributed by atoms with Crippen LogP contribution in [0.25, 0.3) is 0 Å². The van der Waals surface area contributed by atoms with E-state index in [4.69, 9.17) is 4.74 Å². The molecule has 2 unspecified atom stereocenters. The van der Waals surface area contributed by atoms with Gasteiger partial charge in [-0.05, 0) is 87.4 Å². The van der Waals surface area contributed by atoms with E-state index < -0.39 is 5.41 Å². The number of amides is 2. The molecule has 2 atom stereocenters. The van der Waals surface area contributed by atoms with Gasteiger partial charge in [0.15, 0.2) is 0 Å². The number of nitrogens with one attached hydrogen (secondary N) is 1. The molecule has 0 aromatic heterocycles. The van der Waals surface area contributed by atoms with E-state index in [0.29, 0.717) is 35.8 Å². The first-order chi connectivity index (χ1) is 18.0. The first kappa shape index (κ1) is 25.2. The lowest BCUT2D eigenvalue weighted by molar-refractivity contribution is -0.128. The summed E-state index contributed by atoms with van der Waals surface area (Å²) in [6.45, 7) is 4.07. The maximum Gasteiger partial charge on any atom is 0.343 e. The first-order valence-electron chi connectivity index (χ1n) is 13.4. The number of benzene rings is 2. The molecule has 6 nitrogen and oxygen atoms in total. The van der Waals surface area contributed by atoms with Gasteiger partial charge in [0, 0.05) is 11.6 Å². The number of esters is 1. The van der Waals surface area contributed by atoms with Gasteiger partial charge in [0.25, 0.3) is 5.91 Å². The van der Waals surface area contributed by atoms with Crippen molar-refractivity contribution in [3.05, 3.63) is 89.0 Å². The van der Waals surface area contributed by atoms with Crippen molar-refractivity contribution < 1.29 is 19.1 Å². The zero-order chi connectivity index (χ0) is 25.8. The Labute approximate surface area is 218 Å². The number of hydrogen-bond donors (Lipinski definition) is 1. The Kier molecular flexibility index (Phi) is 7.38. The fourth-order valence-electron chi connectivity index (χ4n) is 6.09. The molecule has 2 amide bonds. The van der Waals surface area contributed by atoms with E-state index >= 15 is 0 Å². The summed E-state index contributed by atoms with van der Waals surface area (Å²) in [5.41, 5.74) is 2.82. The van der Waals surface area contributed by atoms with Crippen molar-refractivity contribution in [2.75, 3.05) is 13.1 Å². The van der Waals surface area contributed by atoms with Crippen molar-refractivity contribution >= 4 is 17.8 Å². The highest BCUT2D eigenvalue weighted by Crippen LogP contribution is 2.43. The Morgan fingerprint density at radius 2 is 1.95 bits per heavy atom. The molecule has 6 heteroatoms. The van der Waals surface area contributed by atoms with E-state index in [0.717, 1.165) is 50.8 Å². The van der Waals surface area contributed by atoms with E-state index in [1.54, 1.807) is 18.2 Å². The number of imide groups is 1. The molecule has 0 bridgehead atoms. The number of hydrogen-bond acceptors (Lipinski definition) is 5. The van der Waals surface area contributed by atoms with Crippen LogP contribution in [0, 0.1) is 5.41 Å². The molecule has 0 radical (unpaired) electrons. The number of allylic oxidation sites excluding steroid dienone is 3.